The molecule has 2 N–H and O–H groups in total. The maximum Gasteiger partial charge on any atom is 0.0888 e. The van der Waals surface area contributed by atoms with Gasteiger partial charge in [0.15, 0.2) is 0 Å². The third-order valence-corrected chi connectivity index (χ3v) is 4.28. The molecule has 0 aromatic carbocycles. The molecule has 1 aliphatic heterocycles. The van der Waals surface area contributed by atoms with Crippen molar-refractivity contribution in [1.29, 1.82) is 5.41 Å². The van der Waals surface area contributed by atoms with Gasteiger partial charge in [0.1, 0.15) is 0 Å². The first kappa shape index (κ1) is 17.4. The molecule has 1 aliphatic rings. The molecule has 4 heteroatoms. The average molecular weight is 312 g/mol. The lowest BCUT2D eigenvalue weighted by molar-refractivity contribution is 0.483. The minimum absolute atomic E-state index is 0.631. The van der Waals surface area contributed by atoms with Gasteiger partial charge in [-0.1, -0.05) is 19.9 Å². The number of hydrogen-bond donors (Lipinski definition) is 2. The van der Waals surface area contributed by atoms with Crippen LogP contribution in [0.4, 0.5) is 0 Å². The number of allylic oxidation sites excluding steroid dienone is 2. The van der Waals surface area contributed by atoms with Crippen molar-refractivity contribution in [3.63, 3.8) is 0 Å². The highest BCUT2D eigenvalue weighted by Crippen LogP contribution is 2.22. The molecule has 1 saturated heterocycles. The molecule has 1 fully saturated rings. The number of nitrogens with zero attached hydrogens (tertiary/aromatic N) is 2. The zero-order valence-electron chi connectivity index (χ0n) is 14.6. The molecule has 2 aromatic heterocycles. The van der Waals surface area contributed by atoms with Gasteiger partial charge in [0.25, 0.3) is 0 Å². The number of aromatic nitrogens is 2. The molecule has 0 bridgehead atoms. The second-order valence-electron chi connectivity index (χ2n) is 5.87. The molecule has 0 spiro atoms. The van der Waals surface area contributed by atoms with E-state index in [1.54, 1.807) is 0 Å². The Balaban J connectivity index is 0.000000924. The first-order valence-electron chi connectivity index (χ1n) is 8.57. The van der Waals surface area contributed by atoms with Gasteiger partial charge in [-0.05, 0) is 50.9 Å². The molecule has 23 heavy (non-hydrogen) atoms. The van der Waals surface area contributed by atoms with E-state index in [0.717, 1.165) is 29.9 Å². The summed E-state index contributed by atoms with van der Waals surface area (Å²) < 4.78 is 2.30. The second-order valence-corrected chi connectivity index (χ2v) is 5.87. The molecule has 0 saturated carbocycles. The van der Waals surface area contributed by atoms with E-state index in [1.165, 1.54) is 18.2 Å². The third-order valence-electron chi connectivity index (χ3n) is 4.28. The Morgan fingerprint density at radius 2 is 2.17 bits per heavy atom. The molecule has 2 atom stereocenters. The lowest BCUT2D eigenvalue weighted by atomic mass is 10.1. The van der Waals surface area contributed by atoms with E-state index in [9.17, 15) is 0 Å². The first-order chi connectivity index (χ1) is 11.2. The van der Waals surface area contributed by atoms with Crippen LogP contribution in [0.25, 0.3) is 16.6 Å². The van der Waals surface area contributed by atoms with E-state index in [1.807, 2.05) is 32.9 Å². The van der Waals surface area contributed by atoms with E-state index in [2.05, 4.69) is 40.1 Å². The summed E-state index contributed by atoms with van der Waals surface area (Å²) in [4.78, 5) is 4.67. The fourth-order valence-electron chi connectivity index (χ4n) is 3.15. The van der Waals surface area contributed by atoms with Crippen LogP contribution in [-0.4, -0.2) is 28.4 Å². The maximum atomic E-state index is 7.43. The quantitative estimate of drug-likeness (QED) is 0.835. The van der Waals surface area contributed by atoms with Gasteiger partial charge in [0, 0.05) is 30.6 Å². The predicted molar refractivity (Wildman–Crippen MR) is 99.1 cm³/mol. The van der Waals surface area contributed by atoms with Gasteiger partial charge in [0.05, 0.1) is 16.7 Å². The summed E-state index contributed by atoms with van der Waals surface area (Å²) in [5, 5.41) is 10.9. The fourth-order valence-corrected chi connectivity index (χ4v) is 3.15. The third kappa shape index (κ3) is 3.88. The van der Waals surface area contributed by atoms with E-state index < -0.39 is 0 Å². The average Bonchev–Trinajstić information content (AvgIpc) is 3.17. The maximum absolute atomic E-state index is 7.43. The second kappa shape index (κ2) is 8.06. The smallest absolute Gasteiger partial charge is 0.0888 e. The highest BCUT2D eigenvalue weighted by molar-refractivity contribution is 6.07. The molecule has 1 unspecified atom stereocenters. The van der Waals surface area contributed by atoms with Crippen LogP contribution < -0.4 is 5.32 Å². The lowest BCUT2D eigenvalue weighted by Crippen LogP contribution is -2.17. The van der Waals surface area contributed by atoms with Crippen molar-refractivity contribution in [1.82, 2.24) is 14.9 Å². The minimum Gasteiger partial charge on any atom is -0.346 e. The van der Waals surface area contributed by atoms with Crippen molar-refractivity contribution in [2.75, 3.05) is 6.54 Å². The zero-order chi connectivity index (χ0) is 16.8. The van der Waals surface area contributed by atoms with Crippen molar-refractivity contribution in [2.45, 2.75) is 46.7 Å². The van der Waals surface area contributed by atoms with E-state index in [-0.39, 0.29) is 0 Å². The number of fused-ring (bicyclic) bond motifs is 1. The highest BCUT2D eigenvalue weighted by Gasteiger charge is 2.21. The molecule has 0 radical (unpaired) electrons. The van der Waals surface area contributed by atoms with Gasteiger partial charge >= 0.3 is 0 Å². The molecule has 3 heterocycles. The van der Waals surface area contributed by atoms with Gasteiger partial charge in [-0.25, -0.2) is 4.98 Å². The van der Waals surface area contributed by atoms with Crippen molar-refractivity contribution >= 4 is 22.8 Å². The topological polar surface area (TPSA) is 53.7 Å². The summed E-state index contributed by atoms with van der Waals surface area (Å²) in [7, 11) is 0. The minimum atomic E-state index is 0.631. The molecule has 0 amide bonds. The van der Waals surface area contributed by atoms with Crippen LogP contribution >= 0.6 is 0 Å². The Bertz CT molecular complexity index is 684. The van der Waals surface area contributed by atoms with Gasteiger partial charge in [-0.3, -0.25) is 0 Å². The molecule has 124 valence electrons. The lowest BCUT2D eigenvalue weighted by Gasteiger charge is -2.11. The molecular weight excluding hydrogens is 284 g/mol. The molecule has 2 aromatic rings. The fraction of sp³-hybridized carbons (Fsp3) is 0.474. The van der Waals surface area contributed by atoms with Crippen LogP contribution in [0.15, 0.2) is 30.5 Å². The van der Waals surface area contributed by atoms with Gasteiger partial charge in [-0.2, -0.15) is 0 Å². The van der Waals surface area contributed by atoms with Crippen LogP contribution in [0.5, 0.6) is 0 Å². The largest absolute Gasteiger partial charge is 0.346 e. The van der Waals surface area contributed by atoms with Crippen LogP contribution in [0.2, 0.25) is 0 Å². The van der Waals surface area contributed by atoms with Crippen LogP contribution in [0.3, 0.4) is 0 Å². The van der Waals surface area contributed by atoms with E-state index >= 15 is 0 Å². The number of pyridine rings is 1. The van der Waals surface area contributed by atoms with Crippen molar-refractivity contribution in [3.8, 4) is 0 Å². The molecule has 4 nitrogen and oxygen atoms in total. The van der Waals surface area contributed by atoms with Gasteiger partial charge in [-0.15, -0.1) is 0 Å². The summed E-state index contributed by atoms with van der Waals surface area (Å²) in [5.41, 5.74) is 3.92. The Morgan fingerprint density at radius 1 is 1.39 bits per heavy atom. The normalized spacial score (nSPS) is 21.1. The van der Waals surface area contributed by atoms with Crippen LogP contribution in [0.1, 0.15) is 39.8 Å². The zero-order valence-corrected chi connectivity index (χ0v) is 14.6. The monoisotopic (exact) mass is 312 g/mol. The summed E-state index contributed by atoms with van der Waals surface area (Å²) >= 11 is 0. The molecule has 0 aliphatic carbocycles. The van der Waals surface area contributed by atoms with E-state index in [0.29, 0.717) is 12.0 Å². The number of hydrogen-bond acceptors (Lipinski definition) is 3. The Morgan fingerprint density at radius 3 is 2.78 bits per heavy atom. The Labute approximate surface area is 139 Å². The van der Waals surface area contributed by atoms with Crippen molar-refractivity contribution in [3.05, 3.63) is 36.2 Å². The van der Waals surface area contributed by atoms with E-state index in [4.69, 9.17) is 5.41 Å². The number of nitrogens with one attached hydrogen (secondary N) is 2. The van der Waals surface area contributed by atoms with Crippen molar-refractivity contribution < 1.29 is 0 Å². The Hall–Kier alpha value is -1.94. The SMILES string of the molecule is C/C=C(\C=N)c1ccc2c(ccn2C[C@H]2CNC(C)C2)n1.CC. The standard InChI is InChI=1S/C17H22N4.C2H6/c1-3-14(9-18)15-4-5-17-16(20-15)6-7-21(17)11-13-8-12(2)19-10-13;1-2/h3-7,9,12-13,18-19H,8,10-11H2,1-2H3;1-2H3/b14-3+,18-9?;/t12?,13-;/m1./s1. The highest BCUT2D eigenvalue weighted by atomic mass is 15.0. The summed E-state index contributed by atoms with van der Waals surface area (Å²) in [6.07, 6.45) is 6.65. The molecule has 3 rings (SSSR count). The summed E-state index contributed by atoms with van der Waals surface area (Å²) in [6.45, 7) is 10.3. The van der Waals surface area contributed by atoms with Crippen molar-refractivity contribution in [2.24, 2.45) is 5.92 Å². The van der Waals surface area contributed by atoms with Gasteiger partial charge in [0.2, 0.25) is 0 Å². The number of rotatable bonds is 4. The summed E-state index contributed by atoms with van der Waals surface area (Å²) in [6, 6.07) is 6.83. The van der Waals surface area contributed by atoms with Crippen LogP contribution in [-0.2, 0) is 6.54 Å². The van der Waals surface area contributed by atoms with Crippen LogP contribution in [0, 0.1) is 11.3 Å². The summed E-state index contributed by atoms with van der Waals surface area (Å²) in [5.74, 6) is 0.697. The predicted octanol–water partition coefficient (Wildman–Crippen LogP) is 4.11. The molecular formula is C19H28N4. The first-order valence-corrected chi connectivity index (χ1v) is 8.57. The van der Waals surface area contributed by atoms with Gasteiger partial charge < -0.3 is 15.3 Å². The Kier molecular flexibility index (Phi) is 6.11.